The molecular formula is C25H25FN2O2. The van der Waals surface area contributed by atoms with Crippen molar-refractivity contribution < 1.29 is 13.9 Å². The van der Waals surface area contributed by atoms with Crippen LogP contribution in [0.2, 0.25) is 0 Å². The lowest BCUT2D eigenvalue weighted by Crippen LogP contribution is -2.35. The number of hydrogen-bond donors (Lipinski definition) is 2. The molecule has 154 valence electrons. The molecule has 4 rings (SSSR count). The second kappa shape index (κ2) is 9.09. The van der Waals surface area contributed by atoms with Gasteiger partial charge in [0.05, 0.1) is 6.04 Å². The van der Waals surface area contributed by atoms with Crippen LogP contribution in [0.3, 0.4) is 0 Å². The van der Waals surface area contributed by atoms with Crippen LogP contribution in [0.25, 0.3) is 0 Å². The SMILES string of the molecule is Cc1cccc(CC2CNC(C(=O)Nc3ccc(Oc4ccc(F)cc4)cc3)C2)c1. The molecule has 1 aliphatic rings. The van der Waals surface area contributed by atoms with Crippen molar-refractivity contribution in [3.63, 3.8) is 0 Å². The summed E-state index contributed by atoms with van der Waals surface area (Å²) in [7, 11) is 0. The summed E-state index contributed by atoms with van der Waals surface area (Å²) in [5, 5.41) is 6.31. The molecule has 1 saturated heterocycles. The van der Waals surface area contributed by atoms with Gasteiger partial charge in [-0.1, -0.05) is 29.8 Å². The molecule has 0 aliphatic carbocycles. The number of ether oxygens (including phenoxy) is 1. The summed E-state index contributed by atoms with van der Waals surface area (Å²) in [4.78, 5) is 12.6. The summed E-state index contributed by atoms with van der Waals surface area (Å²) >= 11 is 0. The maximum absolute atomic E-state index is 13.0. The van der Waals surface area contributed by atoms with Gasteiger partial charge < -0.3 is 15.4 Å². The monoisotopic (exact) mass is 404 g/mol. The highest BCUT2D eigenvalue weighted by atomic mass is 19.1. The molecule has 2 atom stereocenters. The number of halogens is 1. The average molecular weight is 404 g/mol. The van der Waals surface area contributed by atoms with Crippen LogP contribution >= 0.6 is 0 Å². The van der Waals surface area contributed by atoms with E-state index in [1.54, 1.807) is 36.4 Å². The van der Waals surface area contributed by atoms with Gasteiger partial charge in [0.2, 0.25) is 5.91 Å². The minimum absolute atomic E-state index is 0.0195. The molecule has 3 aromatic carbocycles. The smallest absolute Gasteiger partial charge is 0.241 e. The highest BCUT2D eigenvalue weighted by molar-refractivity contribution is 5.95. The van der Waals surface area contributed by atoms with Gasteiger partial charge in [0.25, 0.3) is 0 Å². The van der Waals surface area contributed by atoms with Crippen LogP contribution in [-0.4, -0.2) is 18.5 Å². The molecule has 0 aromatic heterocycles. The van der Waals surface area contributed by atoms with Crippen molar-refractivity contribution in [2.24, 2.45) is 5.92 Å². The maximum atomic E-state index is 13.0. The van der Waals surface area contributed by atoms with Crippen LogP contribution < -0.4 is 15.4 Å². The number of amides is 1. The van der Waals surface area contributed by atoms with Crippen molar-refractivity contribution in [2.75, 3.05) is 11.9 Å². The number of carbonyl (C=O) groups is 1. The molecule has 0 saturated carbocycles. The number of aryl methyl sites for hydroxylation is 1. The minimum Gasteiger partial charge on any atom is -0.457 e. The zero-order valence-corrected chi connectivity index (χ0v) is 16.9. The fourth-order valence-electron chi connectivity index (χ4n) is 3.81. The molecule has 4 nitrogen and oxygen atoms in total. The molecular weight excluding hydrogens is 379 g/mol. The summed E-state index contributed by atoms with van der Waals surface area (Å²) in [6, 6.07) is 21.4. The van der Waals surface area contributed by atoms with E-state index in [2.05, 4.69) is 41.8 Å². The topological polar surface area (TPSA) is 50.4 Å². The molecule has 1 fully saturated rings. The number of anilines is 1. The number of nitrogens with one attached hydrogen (secondary N) is 2. The Labute approximate surface area is 176 Å². The van der Waals surface area contributed by atoms with E-state index in [-0.39, 0.29) is 17.8 Å². The highest BCUT2D eigenvalue weighted by Crippen LogP contribution is 2.24. The minimum atomic E-state index is -0.304. The van der Waals surface area contributed by atoms with E-state index in [1.165, 1.54) is 23.3 Å². The Hall–Kier alpha value is -3.18. The first kappa shape index (κ1) is 20.1. The van der Waals surface area contributed by atoms with Crippen molar-refractivity contribution >= 4 is 11.6 Å². The van der Waals surface area contributed by atoms with Crippen LogP contribution in [0.15, 0.2) is 72.8 Å². The number of carbonyl (C=O) groups excluding carboxylic acids is 1. The van der Waals surface area contributed by atoms with Gasteiger partial charge in [-0.3, -0.25) is 4.79 Å². The summed E-state index contributed by atoms with van der Waals surface area (Å²) in [5.74, 6) is 1.31. The summed E-state index contributed by atoms with van der Waals surface area (Å²) in [6.45, 7) is 2.94. The van der Waals surface area contributed by atoms with Crippen LogP contribution in [0, 0.1) is 18.7 Å². The average Bonchev–Trinajstić information content (AvgIpc) is 3.20. The predicted octanol–water partition coefficient (Wildman–Crippen LogP) is 5.09. The Bertz CT molecular complexity index is 1000. The summed E-state index contributed by atoms with van der Waals surface area (Å²) in [6.07, 6.45) is 1.80. The van der Waals surface area contributed by atoms with Crippen molar-refractivity contribution in [1.29, 1.82) is 0 Å². The molecule has 1 aliphatic heterocycles. The normalized spacial score (nSPS) is 18.2. The van der Waals surface area contributed by atoms with E-state index in [9.17, 15) is 9.18 Å². The fourth-order valence-corrected chi connectivity index (χ4v) is 3.81. The van der Waals surface area contributed by atoms with E-state index < -0.39 is 0 Å². The van der Waals surface area contributed by atoms with Crippen LogP contribution in [0.1, 0.15) is 17.5 Å². The first-order valence-electron chi connectivity index (χ1n) is 10.2. The van der Waals surface area contributed by atoms with Crippen LogP contribution in [0.4, 0.5) is 10.1 Å². The van der Waals surface area contributed by atoms with Gasteiger partial charge in [-0.25, -0.2) is 4.39 Å². The van der Waals surface area contributed by atoms with Gasteiger partial charge in [0.15, 0.2) is 0 Å². The first-order chi connectivity index (χ1) is 14.5. The lowest BCUT2D eigenvalue weighted by Gasteiger charge is -2.13. The van der Waals surface area contributed by atoms with Gasteiger partial charge in [-0.2, -0.15) is 0 Å². The number of hydrogen-bond acceptors (Lipinski definition) is 3. The van der Waals surface area contributed by atoms with Gasteiger partial charge in [0.1, 0.15) is 17.3 Å². The van der Waals surface area contributed by atoms with E-state index in [0.717, 1.165) is 25.1 Å². The molecule has 0 radical (unpaired) electrons. The Balaban J connectivity index is 1.29. The second-order valence-electron chi connectivity index (χ2n) is 7.83. The van der Waals surface area contributed by atoms with Gasteiger partial charge >= 0.3 is 0 Å². The Morgan fingerprint density at radius 3 is 2.47 bits per heavy atom. The largest absolute Gasteiger partial charge is 0.457 e. The molecule has 30 heavy (non-hydrogen) atoms. The van der Waals surface area contributed by atoms with Gasteiger partial charge in [-0.05, 0) is 86.3 Å². The number of benzene rings is 3. The van der Waals surface area contributed by atoms with Crippen molar-refractivity contribution in [3.8, 4) is 11.5 Å². The number of rotatable bonds is 6. The standard InChI is InChI=1S/C25H25FN2O2/c1-17-3-2-4-18(13-17)14-19-15-24(27-16-19)25(29)28-21-7-11-23(12-8-21)30-22-9-5-20(26)6-10-22/h2-13,19,24,27H,14-16H2,1H3,(H,28,29). The zero-order chi connectivity index (χ0) is 20.9. The first-order valence-corrected chi connectivity index (χ1v) is 10.2. The molecule has 1 amide bonds. The van der Waals surface area contributed by atoms with E-state index in [4.69, 9.17) is 4.74 Å². The Morgan fingerprint density at radius 1 is 1.07 bits per heavy atom. The lowest BCUT2D eigenvalue weighted by molar-refractivity contribution is -0.117. The molecule has 2 unspecified atom stereocenters. The van der Waals surface area contributed by atoms with Crippen LogP contribution in [-0.2, 0) is 11.2 Å². The third-order valence-corrected chi connectivity index (χ3v) is 5.32. The summed E-state index contributed by atoms with van der Waals surface area (Å²) in [5.41, 5.74) is 3.30. The molecule has 0 spiro atoms. The third kappa shape index (κ3) is 5.24. The molecule has 2 N–H and O–H groups in total. The van der Waals surface area contributed by atoms with Crippen molar-refractivity contribution in [1.82, 2.24) is 5.32 Å². The van der Waals surface area contributed by atoms with E-state index in [1.807, 2.05) is 0 Å². The second-order valence-corrected chi connectivity index (χ2v) is 7.83. The van der Waals surface area contributed by atoms with E-state index >= 15 is 0 Å². The van der Waals surface area contributed by atoms with Crippen molar-refractivity contribution in [2.45, 2.75) is 25.8 Å². The zero-order valence-electron chi connectivity index (χ0n) is 16.9. The fraction of sp³-hybridized carbons (Fsp3) is 0.240. The highest BCUT2D eigenvalue weighted by Gasteiger charge is 2.29. The van der Waals surface area contributed by atoms with E-state index in [0.29, 0.717) is 17.4 Å². The Kier molecular flexibility index (Phi) is 6.10. The molecule has 1 heterocycles. The van der Waals surface area contributed by atoms with Gasteiger partial charge in [0, 0.05) is 5.69 Å². The molecule has 3 aromatic rings. The van der Waals surface area contributed by atoms with Crippen LogP contribution in [0.5, 0.6) is 11.5 Å². The quantitative estimate of drug-likeness (QED) is 0.602. The van der Waals surface area contributed by atoms with Gasteiger partial charge in [-0.15, -0.1) is 0 Å². The lowest BCUT2D eigenvalue weighted by atomic mass is 9.95. The molecule has 0 bridgehead atoms. The maximum Gasteiger partial charge on any atom is 0.241 e. The molecule has 5 heteroatoms. The van der Waals surface area contributed by atoms with Crippen molar-refractivity contribution in [3.05, 3.63) is 89.7 Å². The third-order valence-electron chi connectivity index (χ3n) is 5.32. The predicted molar refractivity (Wildman–Crippen MR) is 116 cm³/mol. The Morgan fingerprint density at radius 2 is 1.77 bits per heavy atom. The summed E-state index contributed by atoms with van der Waals surface area (Å²) < 4.78 is 18.7.